The molecule has 17 heavy (non-hydrogen) atoms. The second-order valence-electron chi connectivity index (χ2n) is 5.30. The van der Waals surface area contributed by atoms with E-state index in [4.69, 9.17) is 4.74 Å². The van der Waals surface area contributed by atoms with Gasteiger partial charge in [0.1, 0.15) is 5.60 Å². The van der Waals surface area contributed by atoms with Gasteiger partial charge < -0.3 is 10.1 Å². The molecule has 0 heterocycles. The molecule has 4 nitrogen and oxygen atoms in total. The Kier molecular flexibility index (Phi) is 4.73. The van der Waals surface area contributed by atoms with Gasteiger partial charge in [0.05, 0.1) is 0 Å². The largest absolute Gasteiger partial charge is 0.444 e. The standard InChI is InChI=1S/C13H21NO3/c1-13(2,3)17-12(16)14-8-7-10-5-4-6-11(15)9-10/h9H,4-8H2,1-3H3,(H,14,16). The molecular formula is C13H21NO3. The summed E-state index contributed by atoms with van der Waals surface area (Å²) in [6.45, 7) is 6.01. The average molecular weight is 239 g/mol. The fourth-order valence-corrected chi connectivity index (χ4v) is 1.70. The Balaban J connectivity index is 2.24. The zero-order valence-corrected chi connectivity index (χ0v) is 10.8. The monoisotopic (exact) mass is 239 g/mol. The van der Waals surface area contributed by atoms with Gasteiger partial charge in [0.2, 0.25) is 0 Å². The molecule has 0 aromatic heterocycles. The van der Waals surface area contributed by atoms with Gasteiger partial charge in [-0.1, -0.05) is 5.57 Å². The normalized spacial score (nSPS) is 16.4. The zero-order chi connectivity index (χ0) is 12.9. The highest BCUT2D eigenvalue weighted by Crippen LogP contribution is 2.17. The molecule has 0 spiro atoms. The third kappa shape index (κ3) is 6.09. The van der Waals surface area contributed by atoms with Gasteiger partial charge in [0.25, 0.3) is 0 Å². The van der Waals surface area contributed by atoms with E-state index in [0.717, 1.165) is 24.8 Å². The number of nitrogens with one attached hydrogen (secondary N) is 1. The first-order valence-electron chi connectivity index (χ1n) is 6.06. The van der Waals surface area contributed by atoms with Gasteiger partial charge in [-0.2, -0.15) is 0 Å². The van der Waals surface area contributed by atoms with Crippen LogP contribution >= 0.6 is 0 Å². The van der Waals surface area contributed by atoms with E-state index in [1.54, 1.807) is 6.08 Å². The third-order valence-corrected chi connectivity index (χ3v) is 2.40. The Morgan fingerprint density at radius 3 is 2.71 bits per heavy atom. The van der Waals surface area contributed by atoms with E-state index >= 15 is 0 Å². The van der Waals surface area contributed by atoms with Crippen molar-refractivity contribution in [3.05, 3.63) is 11.6 Å². The SMILES string of the molecule is CC(C)(C)OC(=O)NCCC1=CC(=O)CCC1. The van der Waals surface area contributed by atoms with Crippen molar-refractivity contribution in [2.45, 2.75) is 52.1 Å². The Labute approximate surface area is 102 Å². The number of allylic oxidation sites excluding steroid dienone is 1. The summed E-state index contributed by atoms with van der Waals surface area (Å²) in [5.74, 6) is 0.198. The minimum atomic E-state index is -0.468. The highest BCUT2D eigenvalue weighted by atomic mass is 16.6. The van der Waals surface area contributed by atoms with E-state index in [1.807, 2.05) is 20.8 Å². The molecule has 1 aliphatic rings. The lowest BCUT2D eigenvalue weighted by Gasteiger charge is -2.20. The second-order valence-corrected chi connectivity index (χ2v) is 5.30. The van der Waals surface area contributed by atoms with E-state index in [1.165, 1.54) is 0 Å². The van der Waals surface area contributed by atoms with Crippen molar-refractivity contribution in [2.75, 3.05) is 6.54 Å². The van der Waals surface area contributed by atoms with Gasteiger partial charge >= 0.3 is 6.09 Å². The summed E-state index contributed by atoms with van der Waals surface area (Å²) in [7, 11) is 0. The topological polar surface area (TPSA) is 55.4 Å². The number of alkyl carbamates (subject to hydrolysis) is 1. The van der Waals surface area contributed by atoms with E-state index in [0.29, 0.717) is 13.0 Å². The summed E-state index contributed by atoms with van der Waals surface area (Å²) in [6.07, 6.45) is 4.58. The number of ketones is 1. The number of carbonyl (C=O) groups is 2. The van der Waals surface area contributed by atoms with Crippen molar-refractivity contribution in [1.82, 2.24) is 5.32 Å². The predicted octanol–water partition coefficient (Wildman–Crippen LogP) is 2.58. The minimum Gasteiger partial charge on any atom is -0.444 e. The quantitative estimate of drug-likeness (QED) is 0.823. The lowest BCUT2D eigenvalue weighted by Crippen LogP contribution is -2.33. The number of ether oxygens (including phenoxy) is 1. The van der Waals surface area contributed by atoms with Crippen LogP contribution in [-0.4, -0.2) is 24.0 Å². The van der Waals surface area contributed by atoms with Gasteiger partial charge in [-0.05, 0) is 46.1 Å². The first kappa shape index (κ1) is 13.7. The van der Waals surface area contributed by atoms with Crippen LogP contribution in [0.3, 0.4) is 0 Å². The Morgan fingerprint density at radius 1 is 1.41 bits per heavy atom. The Hall–Kier alpha value is -1.32. The van der Waals surface area contributed by atoms with Crippen LogP contribution in [0.4, 0.5) is 4.79 Å². The van der Waals surface area contributed by atoms with E-state index in [2.05, 4.69) is 5.32 Å². The van der Waals surface area contributed by atoms with Crippen LogP contribution in [0.5, 0.6) is 0 Å². The number of amides is 1. The zero-order valence-electron chi connectivity index (χ0n) is 10.8. The van der Waals surface area contributed by atoms with Crippen molar-refractivity contribution in [1.29, 1.82) is 0 Å². The maximum atomic E-state index is 11.3. The maximum Gasteiger partial charge on any atom is 0.407 e. The van der Waals surface area contributed by atoms with Gasteiger partial charge in [-0.3, -0.25) is 4.79 Å². The van der Waals surface area contributed by atoms with Crippen LogP contribution < -0.4 is 5.32 Å². The van der Waals surface area contributed by atoms with Gasteiger partial charge in [-0.25, -0.2) is 4.79 Å². The van der Waals surface area contributed by atoms with Gasteiger partial charge in [-0.15, -0.1) is 0 Å². The van der Waals surface area contributed by atoms with Crippen LogP contribution in [0, 0.1) is 0 Å². The summed E-state index contributed by atoms with van der Waals surface area (Å²) in [6, 6.07) is 0. The molecule has 0 aromatic rings. The smallest absolute Gasteiger partial charge is 0.407 e. The summed E-state index contributed by atoms with van der Waals surface area (Å²) in [4.78, 5) is 22.5. The molecular weight excluding hydrogens is 218 g/mol. The summed E-state index contributed by atoms with van der Waals surface area (Å²) in [5, 5.41) is 2.69. The lowest BCUT2D eigenvalue weighted by molar-refractivity contribution is -0.115. The molecule has 1 rings (SSSR count). The molecule has 0 fully saturated rings. The van der Waals surface area contributed by atoms with Crippen LogP contribution in [0.1, 0.15) is 46.5 Å². The highest BCUT2D eigenvalue weighted by Gasteiger charge is 2.16. The number of rotatable bonds is 3. The molecule has 0 saturated heterocycles. The minimum absolute atomic E-state index is 0.198. The molecule has 1 aliphatic carbocycles. The van der Waals surface area contributed by atoms with E-state index < -0.39 is 11.7 Å². The fourth-order valence-electron chi connectivity index (χ4n) is 1.70. The summed E-state index contributed by atoms with van der Waals surface area (Å²) < 4.78 is 5.11. The maximum absolute atomic E-state index is 11.3. The van der Waals surface area contributed by atoms with Gasteiger partial charge in [0.15, 0.2) is 5.78 Å². The molecule has 0 unspecified atom stereocenters. The molecule has 0 atom stereocenters. The summed E-state index contributed by atoms with van der Waals surface area (Å²) in [5.41, 5.74) is 0.654. The number of carbonyl (C=O) groups excluding carboxylic acids is 2. The molecule has 96 valence electrons. The van der Waals surface area contributed by atoms with Crippen molar-refractivity contribution < 1.29 is 14.3 Å². The molecule has 0 aromatic carbocycles. The van der Waals surface area contributed by atoms with Crippen LogP contribution in [0.15, 0.2) is 11.6 Å². The number of hydrogen-bond acceptors (Lipinski definition) is 3. The molecule has 1 amide bonds. The molecule has 0 bridgehead atoms. The van der Waals surface area contributed by atoms with Crippen molar-refractivity contribution in [3.8, 4) is 0 Å². The number of hydrogen-bond donors (Lipinski definition) is 1. The Bertz CT molecular complexity index is 326. The van der Waals surface area contributed by atoms with Crippen LogP contribution in [0.2, 0.25) is 0 Å². The molecule has 4 heteroatoms. The first-order chi connectivity index (χ1) is 7.87. The molecule has 0 saturated carbocycles. The van der Waals surface area contributed by atoms with E-state index in [9.17, 15) is 9.59 Å². The predicted molar refractivity (Wildman–Crippen MR) is 65.8 cm³/mol. The van der Waals surface area contributed by atoms with Crippen molar-refractivity contribution in [3.63, 3.8) is 0 Å². The summed E-state index contributed by atoms with van der Waals surface area (Å²) >= 11 is 0. The van der Waals surface area contributed by atoms with Crippen LogP contribution in [-0.2, 0) is 9.53 Å². The van der Waals surface area contributed by atoms with Crippen molar-refractivity contribution >= 4 is 11.9 Å². The first-order valence-corrected chi connectivity index (χ1v) is 6.06. The average Bonchev–Trinajstić information content (AvgIpc) is 2.14. The lowest BCUT2D eigenvalue weighted by atomic mass is 9.96. The fraction of sp³-hybridized carbons (Fsp3) is 0.692. The second kappa shape index (κ2) is 5.84. The van der Waals surface area contributed by atoms with Gasteiger partial charge in [0, 0.05) is 13.0 Å². The Morgan fingerprint density at radius 2 is 2.12 bits per heavy atom. The molecule has 0 aliphatic heterocycles. The highest BCUT2D eigenvalue weighted by molar-refractivity contribution is 5.91. The molecule has 0 radical (unpaired) electrons. The third-order valence-electron chi connectivity index (χ3n) is 2.40. The molecule has 1 N–H and O–H groups in total. The van der Waals surface area contributed by atoms with Crippen LogP contribution in [0.25, 0.3) is 0 Å². The van der Waals surface area contributed by atoms with Crippen molar-refractivity contribution in [2.24, 2.45) is 0 Å². The van der Waals surface area contributed by atoms with E-state index in [-0.39, 0.29) is 5.78 Å².